The van der Waals surface area contributed by atoms with E-state index in [0.29, 0.717) is 6.42 Å². The third kappa shape index (κ3) is 2.20. The Hall–Kier alpha value is -0.980. The number of ketones is 1. The topological polar surface area (TPSA) is 34.4 Å². The summed E-state index contributed by atoms with van der Waals surface area (Å²) in [5.74, 6) is 0.109. The molecule has 0 aliphatic heterocycles. The van der Waals surface area contributed by atoms with Crippen molar-refractivity contribution in [3.8, 4) is 0 Å². The molecule has 0 bridgehead atoms. The number of imidazole rings is 1. The minimum atomic E-state index is 0.109. The Morgan fingerprint density at radius 2 is 2.35 bits per heavy atom. The summed E-state index contributed by atoms with van der Waals surface area (Å²) in [6.07, 6.45) is 4.21. The summed E-state index contributed by atoms with van der Waals surface area (Å²) in [4.78, 5) is 17.3. The number of thiophene rings is 1. The molecule has 0 fully saturated rings. The lowest BCUT2D eigenvalue weighted by Gasteiger charge is -1.93. The number of thiazole rings is 1. The monoisotopic (exact) mass is 326 g/mol. The van der Waals surface area contributed by atoms with Gasteiger partial charge in [-0.3, -0.25) is 9.20 Å². The standard InChI is InChI=1S/C11H7BrN2OS2/c12-10-3-7(6-17-10)9(15)4-8-5-14-1-2-16-11(14)13-8/h1-3,5-6H,4H2. The van der Waals surface area contributed by atoms with E-state index in [1.165, 1.54) is 11.3 Å². The second kappa shape index (κ2) is 4.36. The molecular formula is C11H7BrN2OS2. The Morgan fingerprint density at radius 1 is 1.47 bits per heavy atom. The maximum atomic E-state index is 12.0. The molecule has 0 N–H and O–H groups in total. The van der Waals surface area contributed by atoms with Gasteiger partial charge in [-0.05, 0) is 22.0 Å². The molecule has 3 aromatic rings. The van der Waals surface area contributed by atoms with Gasteiger partial charge in [0.15, 0.2) is 10.7 Å². The number of aromatic nitrogens is 2. The van der Waals surface area contributed by atoms with E-state index in [2.05, 4.69) is 20.9 Å². The molecule has 86 valence electrons. The van der Waals surface area contributed by atoms with E-state index in [0.717, 1.165) is 20.0 Å². The van der Waals surface area contributed by atoms with Crippen LogP contribution in [0.5, 0.6) is 0 Å². The number of Topliss-reactive ketones (excluding diaryl/α,β-unsaturated/α-hetero) is 1. The highest BCUT2D eigenvalue weighted by Crippen LogP contribution is 2.22. The van der Waals surface area contributed by atoms with Crippen molar-refractivity contribution in [2.24, 2.45) is 0 Å². The van der Waals surface area contributed by atoms with Crippen LogP contribution in [0.25, 0.3) is 4.96 Å². The molecule has 3 heterocycles. The normalized spacial score (nSPS) is 11.1. The van der Waals surface area contributed by atoms with E-state index in [-0.39, 0.29) is 5.78 Å². The van der Waals surface area contributed by atoms with Crippen molar-refractivity contribution in [2.45, 2.75) is 6.42 Å². The van der Waals surface area contributed by atoms with Crippen molar-refractivity contribution in [1.29, 1.82) is 0 Å². The Labute approximate surface area is 114 Å². The summed E-state index contributed by atoms with van der Waals surface area (Å²) in [6, 6.07) is 1.85. The van der Waals surface area contributed by atoms with Crippen LogP contribution in [0.15, 0.2) is 33.0 Å². The quantitative estimate of drug-likeness (QED) is 0.688. The predicted molar refractivity (Wildman–Crippen MR) is 73.1 cm³/mol. The molecule has 3 rings (SSSR count). The van der Waals surface area contributed by atoms with Crippen LogP contribution in [-0.4, -0.2) is 15.2 Å². The Bertz CT molecular complexity index is 654. The van der Waals surface area contributed by atoms with Crippen LogP contribution in [0.4, 0.5) is 0 Å². The summed E-state index contributed by atoms with van der Waals surface area (Å²) < 4.78 is 2.92. The Kier molecular flexibility index (Phi) is 2.85. The van der Waals surface area contributed by atoms with Crippen molar-refractivity contribution < 1.29 is 4.79 Å². The van der Waals surface area contributed by atoms with Crippen molar-refractivity contribution >= 4 is 49.3 Å². The van der Waals surface area contributed by atoms with Gasteiger partial charge in [0.25, 0.3) is 0 Å². The zero-order chi connectivity index (χ0) is 11.8. The van der Waals surface area contributed by atoms with Crippen molar-refractivity contribution in [2.75, 3.05) is 0 Å². The zero-order valence-electron chi connectivity index (χ0n) is 8.59. The highest BCUT2D eigenvalue weighted by atomic mass is 79.9. The average Bonchev–Trinajstić information content (AvgIpc) is 2.92. The maximum Gasteiger partial charge on any atom is 0.193 e. The zero-order valence-corrected chi connectivity index (χ0v) is 11.8. The molecule has 0 amide bonds. The molecular weight excluding hydrogens is 320 g/mol. The summed E-state index contributed by atoms with van der Waals surface area (Å²) >= 11 is 6.45. The van der Waals surface area contributed by atoms with Gasteiger partial charge in [0.2, 0.25) is 0 Å². The third-order valence-electron chi connectivity index (χ3n) is 2.37. The SMILES string of the molecule is O=C(Cc1cn2ccsc2n1)c1csc(Br)c1. The molecule has 3 nitrogen and oxygen atoms in total. The highest BCUT2D eigenvalue weighted by Gasteiger charge is 2.11. The molecule has 6 heteroatoms. The van der Waals surface area contributed by atoms with Gasteiger partial charge in [0, 0.05) is 28.7 Å². The average molecular weight is 327 g/mol. The lowest BCUT2D eigenvalue weighted by molar-refractivity contribution is 0.0992. The van der Waals surface area contributed by atoms with Crippen LogP contribution in [0.1, 0.15) is 16.1 Å². The molecule has 0 aliphatic rings. The van der Waals surface area contributed by atoms with Gasteiger partial charge < -0.3 is 0 Å². The van der Waals surface area contributed by atoms with E-state index in [1.54, 1.807) is 11.3 Å². The maximum absolute atomic E-state index is 12.0. The fourth-order valence-electron chi connectivity index (χ4n) is 1.58. The minimum Gasteiger partial charge on any atom is -0.297 e. The predicted octanol–water partition coefficient (Wildman–Crippen LogP) is 3.65. The smallest absolute Gasteiger partial charge is 0.193 e. The molecule has 0 aromatic carbocycles. The molecule has 0 atom stereocenters. The van der Waals surface area contributed by atoms with E-state index in [1.807, 2.05) is 33.6 Å². The largest absolute Gasteiger partial charge is 0.297 e. The minimum absolute atomic E-state index is 0.109. The number of hydrogen-bond donors (Lipinski definition) is 0. The van der Waals surface area contributed by atoms with Crippen molar-refractivity contribution in [3.63, 3.8) is 0 Å². The summed E-state index contributed by atoms with van der Waals surface area (Å²) in [5, 5.41) is 3.84. The Morgan fingerprint density at radius 3 is 3.06 bits per heavy atom. The second-order valence-electron chi connectivity index (χ2n) is 3.56. The number of hydrogen-bond acceptors (Lipinski definition) is 4. The molecule has 3 aromatic heterocycles. The molecule has 0 aliphatic carbocycles. The van der Waals surface area contributed by atoms with Crippen LogP contribution in [0.2, 0.25) is 0 Å². The first-order valence-corrected chi connectivity index (χ1v) is 7.46. The highest BCUT2D eigenvalue weighted by molar-refractivity contribution is 9.11. The number of rotatable bonds is 3. The molecule has 17 heavy (non-hydrogen) atoms. The number of nitrogens with zero attached hydrogens (tertiary/aromatic N) is 2. The van der Waals surface area contributed by atoms with Crippen LogP contribution in [-0.2, 0) is 6.42 Å². The molecule has 0 saturated heterocycles. The van der Waals surface area contributed by atoms with Crippen LogP contribution >= 0.6 is 38.6 Å². The van der Waals surface area contributed by atoms with Gasteiger partial charge in [-0.2, -0.15) is 0 Å². The molecule has 0 radical (unpaired) electrons. The lowest BCUT2D eigenvalue weighted by atomic mass is 10.1. The summed E-state index contributed by atoms with van der Waals surface area (Å²) in [7, 11) is 0. The van der Waals surface area contributed by atoms with Gasteiger partial charge >= 0.3 is 0 Å². The van der Waals surface area contributed by atoms with E-state index >= 15 is 0 Å². The molecule has 0 saturated carbocycles. The lowest BCUT2D eigenvalue weighted by Crippen LogP contribution is -2.02. The van der Waals surface area contributed by atoms with Crippen molar-refractivity contribution in [3.05, 3.63) is 44.3 Å². The third-order valence-corrected chi connectivity index (χ3v) is 4.65. The number of fused-ring (bicyclic) bond motifs is 1. The first kappa shape index (κ1) is 11.1. The Balaban J connectivity index is 1.83. The summed E-state index contributed by atoms with van der Waals surface area (Å²) in [6.45, 7) is 0. The fraction of sp³-hybridized carbons (Fsp3) is 0.0909. The van der Waals surface area contributed by atoms with Crippen LogP contribution < -0.4 is 0 Å². The van der Waals surface area contributed by atoms with E-state index in [4.69, 9.17) is 0 Å². The van der Waals surface area contributed by atoms with Gasteiger partial charge in [-0.1, -0.05) is 0 Å². The number of carbonyl (C=O) groups is 1. The first-order valence-electron chi connectivity index (χ1n) is 4.91. The van der Waals surface area contributed by atoms with E-state index < -0.39 is 0 Å². The van der Waals surface area contributed by atoms with Crippen LogP contribution in [0.3, 0.4) is 0 Å². The number of halogens is 1. The summed E-state index contributed by atoms with van der Waals surface area (Å²) in [5.41, 5.74) is 1.57. The van der Waals surface area contributed by atoms with Gasteiger partial charge in [-0.25, -0.2) is 4.98 Å². The molecule has 0 unspecified atom stereocenters. The van der Waals surface area contributed by atoms with Crippen molar-refractivity contribution in [1.82, 2.24) is 9.38 Å². The van der Waals surface area contributed by atoms with Crippen LogP contribution in [0, 0.1) is 0 Å². The van der Waals surface area contributed by atoms with Gasteiger partial charge in [0.1, 0.15) is 0 Å². The fourth-order valence-corrected chi connectivity index (χ4v) is 3.46. The van der Waals surface area contributed by atoms with E-state index in [9.17, 15) is 4.79 Å². The number of carbonyl (C=O) groups excluding carboxylic acids is 1. The van der Waals surface area contributed by atoms with Gasteiger partial charge in [0.05, 0.1) is 15.9 Å². The first-order chi connectivity index (χ1) is 8.22. The second-order valence-corrected chi connectivity index (χ2v) is 6.73. The van der Waals surface area contributed by atoms with Gasteiger partial charge in [-0.15, -0.1) is 22.7 Å². The molecule has 0 spiro atoms.